The zero-order valence-corrected chi connectivity index (χ0v) is 23.5. The molecule has 0 saturated heterocycles. The lowest BCUT2D eigenvalue weighted by molar-refractivity contribution is 0.828. The first kappa shape index (κ1) is 24.9. The Morgan fingerprint density at radius 1 is 0.512 bits per heavy atom. The second-order valence-corrected chi connectivity index (χ2v) is 10.5. The minimum absolute atomic E-state index is 0.674. The van der Waals surface area contributed by atoms with E-state index in [1.54, 1.807) is 0 Å². The van der Waals surface area contributed by atoms with E-state index in [0.29, 0.717) is 17.5 Å². The first-order valence-corrected chi connectivity index (χ1v) is 14.1. The van der Waals surface area contributed by atoms with Gasteiger partial charge < -0.3 is 4.57 Å². The van der Waals surface area contributed by atoms with Crippen molar-refractivity contribution < 1.29 is 0 Å². The van der Waals surface area contributed by atoms with Crippen LogP contribution in [-0.4, -0.2) is 19.5 Å². The fourth-order valence-electron chi connectivity index (χ4n) is 5.93. The lowest BCUT2D eigenvalue weighted by Gasteiger charge is -2.15. The number of para-hydroxylation sites is 2. The van der Waals surface area contributed by atoms with E-state index in [9.17, 15) is 0 Å². The molecule has 2 heterocycles. The van der Waals surface area contributed by atoms with E-state index in [0.717, 1.165) is 28.8 Å². The summed E-state index contributed by atoms with van der Waals surface area (Å²) in [5.41, 5.74) is 10.3. The third-order valence-electron chi connectivity index (χ3n) is 7.91. The fraction of sp³-hybridized carbons (Fsp3) is 0.108. The molecule has 0 amide bonds. The van der Waals surface area contributed by atoms with Crippen LogP contribution in [0.2, 0.25) is 0 Å². The number of hydrogen-bond acceptors (Lipinski definition) is 3. The van der Waals surface area contributed by atoms with Gasteiger partial charge in [0.25, 0.3) is 0 Å². The molecule has 0 atom stereocenters. The molecule has 2 aromatic heterocycles. The molecule has 7 aromatic rings. The summed E-state index contributed by atoms with van der Waals surface area (Å²) in [6.07, 6.45) is 0. The highest BCUT2D eigenvalue weighted by Gasteiger charge is 2.18. The molecule has 198 valence electrons. The molecule has 0 fully saturated rings. The summed E-state index contributed by atoms with van der Waals surface area (Å²) in [7, 11) is 0. The van der Waals surface area contributed by atoms with Gasteiger partial charge in [-0.25, -0.2) is 15.0 Å². The topological polar surface area (TPSA) is 43.6 Å². The zero-order chi connectivity index (χ0) is 27.9. The van der Waals surface area contributed by atoms with Gasteiger partial charge in [-0.15, -0.1) is 0 Å². The van der Waals surface area contributed by atoms with Crippen LogP contribution in [0.1, 0.15) is 18.1 Å². The number of hydrogen-bond donors (Lipinski definition) is 0. The van der Waals surface area contributed by atoms with Crippen LogP contribution < -0.4 is 0 Å². The van der Waals surface area contributed by atoms with Crippen molar-refractivity contribution >= 4 is 21.8 Å². The van der Waals surface area contributed by atoms with Gasteiger partial charge >= 0.3 is 0 Å². The molecular weight excluding hydrogens is 500 g/mol. The molecule has 0 aliphatic rings. The number of rotatable bonds is 5. The van der Waals surface area contributed by atoms with Gasteiger partial charge in [-0.3, -0.25) is 0 Å². The van der Waals surface area contributed by atoms with Crippen molar-refractivity contribution in [1.82, 2.24) is 19.5 Å². The molecule has 0 unspecified atom stereocenters. The normalized spacial score (nSPS) is 11.4. The Hall–Kier alpha value is -5.09. The van der Waals surface area contributed by atoms with Gasteiger partial charge in [-0.05, 0) is 49.6 Å². The standard InChI is InChI=1S/C37H30N4/c1-4-41-33-21-12-11-18-28(33)29-19-13-20-30(34(29)41)31-22-25(3)32(23-24(31)2)37-39-35(26-14-7-5-8-15-26)38-36(40-37)27-16-9-6-10-17-27/h5-23H,4H2,1-3H3. The van der Waals surface area contributed by atoms with Gasteiger partial charge in [0, 0.05) is 45.1 Å². The largest absolute Gasteiger partial charge is 0.340 e. The maximum absolute atomic E-state index is 4.98. The Balaban J connectivity index is 1.42. The summed E-state index contributed by atoms with van der Waals surface area (Å²) in [5, 5.41) is 2.59. The Kier molecular flexibility index (Phi) is 6.16. The Labute approximate surface area is 240 Å². The number of fused-ring (bicyclic) bond motifs is 3. The van der Waals surface area contributed by atoms with Gasteiger partial charge in [0.1, 0.15) is 0 Å². The van der Waals surface area contributed by atoms with Gasteiger partial charge in [-0.1, -0.05) is 103 Å². The Morgan fingerprint density at radius 3 is 1.71 bits per heavy atom. The van der Waals surface area contributed by atoms with E-state index < -0.39 is 0 Å². The van der Waals surface area contributed by atoms with Crippen LogP contribution in [0.25, 0.3) is 67.1 Å². The number of nitrogens with zero attached hydrogens (tertiary/aromatic N) is 4. The first-order valence-electron chi connectivity index (χ1n) is 14.1. The lowest BCUT2D eigenvalue weighted by atomic mass is 9.93. The molecular formula is C37H30N4. The lowest BCUT2D eigenvalue weighted by Crippen LogP contribution is -2.02. The highest BCUT2D eigenvalue weighted by molar-refractivity contribution is 6.12. The van der Waals surface area contributed by atoms with Crippen LogP contribution in [-0.2, 0) is 6.54 Å². The highest BCUT2D eigenvalue weighted by Crippen LogP contribution is 2.39. The van der Waals surface area contributed by atoms with Crippen LogP contribution in [0, 0.1) is 13.8 Å². The number of aromatic nitrogens is 4. The minimum atomic E-state index is 0.674. The van der Waals surface area contributed by atoms with Crippen molar-refractivity contribution in [3.05, 3.63) is 126 Å². The summed E-state index contributed by atoms with van der Waals surface area (Å²) in [6.45, 7) is 7.47. The second kappa shape index (κ2) is 10.1. The average molecular weight is 531 g/mol. The maximum atomic E-state index is 4.98. The average Bonchev–Trinajstić information content (AvgIpc) is 3.36. The van der Waals surface area contributed by atoms with Crippen molar-refractivity contribution in [3.63, 3.8) is 0 Å². The third kappa shape index (κ3) is 4.29. The molecule has 0 aliphatic carbocycles. The van der Waals surface area contributed by atoms with Crippen molar-refractivity contribution in [2.24, 2.45) is 0 Å². The van der Waals surface area contributed by atoms with E-state index >= 15 is 0 Å². The first-order chi connectivity index (χ1) is 20.1. The molecule has 41 heavy (non-hydrogen) atoms. The molecule has 0 spiro atoms. The van der Waals surface area contributed by atoms with Crippen molar-refractivity contribution in [3.8, 4) is 45.3 Å². The Morgan fingerprint density at radius 2 is 1.05 bits per heavy atom. The van der Waals surface area contributed by atoms with Crippen LogP contribution in [0.5, 0.6) is 0 Å². The molecule has 5 aromatic carbocycles. The summed E-state index contributed by atoms with van der Waals surface area (Å²) >= 11 is 0. The molecule has 0 radical (unpaired) electrons. The van der Waals surface area contributed by atoms with Crippen LogP contribution in [0.4, 0.5) is 0 Å². The summed E-state index contributed by atoms with van der Waals surface area (Å²) in [6, 6.07) is 40.2. The third-order valence-corrected chi connectivity index (χ3v) is 7.91. The van der Waals surface area contributed by atoms with Crippen molar-refractivity contribution in [1.29, 1.82) is 0 Å². The summed E-state index contributed by atoms with van der Waals surface area (Å²) in [4.78, 5) is 14.8. The maximum Gasteiger partial charge on any atom is 0.164 e. The van der Waals surface area contributed by atoms with Gasteiger partial charge in [0.15, 0.2) is 17.5 Å². The Bertz CT molecular complexity index is 1980. The van der Waals surface area contributed by atoms with Crippen LogP contribution in [0.15, 0.2) is 115 Å². The van der Waals surface area contributed by atoms with Gasteiger partial charge in [0.2, 0.25) is 0 Å². The quantitative estimate of drug-likeness (QED) is 0.223. The zero-order valence-electron chi connectivity index (χ0n) is 23.5. The molecule has 4 heteroatoms. The fourth-order valence-corrected chi connectivity index (χ4v) is 5.93. The predicted molar refractivity (Wildman–Crippen MR) is 170 cm³/mol. The molecule has 0 aliphatic heterocycles. The van der Waals surface area contributed by atoms with E-state index in [4.69, 9.17) is 15.0 Å². The van der Waals surface area contributed by atoms with Crippen LogP contribution >= 0.6 is 0 Å². The minimum Gasteiger partial charge on any atom is -0.340 e. The molecule has 7 rings (SSSR count). The monoisotopic (exact) mass is 530 g/mol. The van der Waals surface area contributed by atoms with Crippen molar-refractivity contribution in [2.45, 2.75) is 27.3 Å². The summed E-state index contributed by atoms with van der Waals surface area (Å²) in [5.74, 6) is 2.03. The second-order valence-electron chi connectivity index (χ2n) is 10.5. The number of aryl methyl sites for hydroxylation is 3. The number of benzene rings is 5. The predicted octanol–water partition coefficient (Wildman–Crippen LogP) is 9.28. The highest BCUT2D eigenvalue weighted by atomic mass is 15.0. The molecule has 0 bridgehead atoms. The molecule has 0 saturated carbocycles. The van der Waals surface area contributed by atoms with E-state index in [2.05, 4.69) is 79.9 Å². The smallest absolute Gasteiger partial charge is 0.164 e. The van der Waals surface area contributed by atoms with E-state index in [1.165, 1.54) is 38.5 Å². The molecule has 0 N–H and O–H groups in total. The summed E-state index contributed by atoms with van der Waals surface area (Å²) < 4.78 is 2.44. The molecule has 4 nitrogen and oxygen atoms in total. The van der Waals surface area contributed by atoms with Crippen LogP contribution in [0.3, 0.4) is 0 Å². The van der Waals surface area contributed by atoms with Gasteiger partial charge in [-0.2, -0.15) is 0 Å². The van der Waals surface area contributed by atoms with Gasteiger partial charge in [0.05, 0.1) is 5.52 Å². The van der Waals surface area contributed by atoms with Crippen molar-refractivity contribution in [2.75, 3.05) is 0 Å². The van der Waals surface area contributed by atoms with E-state index in [-0.39, 0.29) is 0 Å². The van der Waals surface area contributed by atoms with E-state index in [1.807, 2.05) is 60.7 Å². The SMILES string of the molecule is CCn1c2ccccc2c2cccc(-c3cc(C)c(-c4nc(-c5ccccc5)nc(-c5ccccc5)n4)cc3C)c21.